The highest BCUT2D eigenvalue weighted by molar-refractivity contribution is 5.77. The number of nitrogens with zero attached hydrogens (tertiary/aromatic N) is 1. The minimum atomic E-state index is -0.265. The van der Waals surface area contributed by atoms with Crippen molar-refractivity contribution in [1.29, 1.82) is 0 Å². The lowest BCUT2D eigenvalue weighted by atomic mass is 10.0. The van der Waals surface area contributed by atoms with E-state index in [1.54, 1.807) is 0 Å². The van der Waals surface area contributed by atoms with Gasteiger partial charge in [-0.1, -0.05) is 54.6 Å². The molecule has 0 saturated carbocycles. The van der Waals surface area contributed by atoms with Crippen molar-refractivity contribution in [3.63, 3.8) is 0 Å². The van der Waals surface area contributed by atoms with Gasteiger partial charge in [0, 0.05) is 19.0 Å². The second kappa shape index (κ2) is 7.60. The van der Waals surface area contributed by atoms with Crippen LogP contribution in [0.4, 0.5) is 0 Å². The zero-order valence-electron chi connectivity index (χ0n) is 14.0. The van der Waals surface area contributed by atoms with Crippen molar-refractivity contribution < 1.29 is 9.53 Å². The number of carbonyl (C=O) groups is 1. The molecular formula is C20H24N2O2. The molecule has 2 aromatic carbocycles. The van der Waals surface area contributed by atoms with Gasteiger partial charge in [0.05, 0.1) is 13.2 Å². The molecule has 1 fully saturated rings. The van der Waals surface area contributed by atoms with Gasteiger partial charge in [0.15, 0.2) is 0 Å². The van der Waals surface area contributed by atoms with Gasteiger partial charge >= 0.3 is 0 Å². The Kier molecular flexibility index (Phi) is 5.28. The Hall–Kier alpha value is -2.17. The van der Waals surface area contributed by atoms with Gasteiger partial charge in [-0.15, -0.1) is 0 Å². The molecule has 0 unspecified atom stereocenters. The molecule has 0 aromatic heterocycles. The maximum Gasteiger partial charge on any atom is 0.224 e. The molecule has 1 aliphatic rings. The lowest BCUT2D eigenvalue weighted by molar-refractivity contribution is -0.139. The Labute approximate surface area is 143 Å². The van der Waals surface area contributed by atoms with Crippen molar-refractivity contribution in [2.75, 3.05) is 19.7 Å². The minimum Gasteiger partial charge on any atom is -0.370 e. The molecule has 1 amide bonds. The standard InChI is InChI=1S/C20H24N2O2/c1-15-7-5-6-10-17(15)19-14-22(11-12-24-19)20(23)13-18(21)16-8-3-2-4-9-16/h2-10,18-19H,11-14,21H2,1H3/t18-,19+/m0/s1. The second-order valence-electron chi connectivity index (χ2n) is 6.28. The van der Waals surface area contributed by atoms with Crippen molar-refractivity contribution in [1.82, 2.24) is 4.90 Å². The number of hydrogen-bond acceptors (Lipinski definition) is 3. The molecule has 1 heterocycles. The summed E-state index contributed by atoms with van der Waals surface area (Å²) in [6.07, 6.45) is 0.265. The zero-order valence-corrected chi connectivity index (χ0v) is 14.0. The molecule has 0 bridgehead atoms. The molecule has 2 aromatic rings. The van der Waals surface area contributed by atoms with Gasteiger partial charge in [-0.25, -0.2) is 0 Å². The first-order chi connectivity index (χ1) is 11.6. The first kappa shape index (κ1) is 16.7. The highest BCUT2D eigenvalue weighted by Gasteiger charge is 2.27. The summed E-state index contributed by atoms with van der Waals surface area (Å²) in [4.78, 5) is 14.5. The fourth-order valence-corrected chi connectivity index (χ4v) is 3.15. The Balaban J connectivity index is 1.64. The molecule has 3 rings (SSSR count). The number of aryl methyl sites for hydroxylation is 1. The van der Waals surface area contributed by atoms with Crippen LogP contribution in [-0.2, 0) is 9.53 Å². The predicted molar refractivity (Wildman–Crippen MR) is 94.4 cm³/mol. The van der Waals surface area contributed by atoms with Crippen LogP contribution in [0.2, 0.25) is 0 Å². The van der Waals surface area contributed by atoms with Crippen LogP contribution >= 0.6 is 0 Å². The lowest BCUT2D eigenvalue weighted by Gasteiger charge is -2.34. The minimum absolute atomic E-state index is 0.0585. The fraction of sp³-hybridized carbons (Fsp3) is 0.350. The number of ether oxygens (including phenoxy) is 1. The molecule has 1 saturated heterocycles. The summed E-state index contributed by atoms with van der Waals surface area (Å²) in [6.45, 7) is 3.85. The fourth-order valence-electron chi connectivity index (χ4n) is 3.15. The molecule has 126 valence electrons. The smallest absolute Gasteiger partial charge is 0.224 e. The summed E-state index contributed by atoms with van der Waals surface area (Å²) in [5.41, 5.74) is 9.54. The summed E-state index contributed by atoms with van der Waals surface area (Å²) in [7, 11) is 0. The third-order valence-electron chi connectivity index (χ3n) is 4.58. The molecule has 1 aliphatic heterocycles. The normalized spacial score (nSPS) is 19.1. The van der Waals surface area contributed by atoms with E-state index in [-0.39, 0.29) is 18.1 Å². The number of carbonyl (C=O) groups excluding carboxylic acids is 1. The van der Waals surface area contributed by atoms with E-state index in [4.69, 9.17) is 10.5 Å². The first-order valence-corrected chi connectivity index (χ1v) is 8.40. The molecule has 4 heteroatoms. The Bertz CT molecular complexity index is 687. The highest BCUT2D eigenvalue weighted by atomic mass is 16.5. The van der Waals surface area contributed by atoms with E-state index < -0.39 is 0 Å². The number of benzene rings is 2. The van der Waals surface area contributed by atoms with Crippen LogP contribution in [-0.4, -0.2) is 30.5 Å². The van der Waals surface area contributed by atoms with Crippen LogP contribution in [0.1, 0.15) is 35.3 Å². The molecule has 0 radical (unpaired) electrons. The van der Waals surface area contributed by atoms with Crippen LogP contribution in [0, 0.1) is 6.92 Å². The van der Waals surface area contributed by atoms with Crippen LogP contribution in [0.15, 0.2) is 54.6 Å². The monoisotopic (exact) mass is 324 g/mol. The second-order valence-corrected chi connectivity index (χ2v) is 6.28. The highest BCUT2D eigenvalue weighted by Crippen LogP contribution is 2.26. The van der Waals surface area contributed by atoms with Crippen LogP contribution in [0.5, 0.6) is 0 Å². The summed E-state index contributed by atoms with van der Waals surface area (Å²) in [6, 6.07) is 17.7. The maximum absolute atomic E-state index is 12.6. The number of morpholine rings is 1. The van der Waals surface area contributed by atoms with Gasteiger partial charge in [0.25, 0.3) is 0 Å². The van der Waals surface area contributed by atoms with Crippen molar-refractivity contribution in [3.05, 3.63) is 71.3 Å². The van der Waals surface area contributed by atoms with Gasteiger partial charge in [0.2, 0.25) is 5.91 Å². The Morgan fingerprint density at radius 2 is 1.92 bits per heavy atom. The topological polar surface area (TPSA) is 55.6 Å². The average molecular weight is 324 g/mol. The van der Waals surface area contributed by atoms with Crippen molar-refractivity contribution in [2.24, 2.45) is 5.73 Å². The molecule has 0 spiro atoms. The van der Waals surface area contributed by atoms with Crippen LogP contribution in [0.3, 0.4) is 0 Å². The van der Waals surface area contributed by atoms with Crippen molar-refractivity contribution in [3.8, 4) is 0 Å². The van der Waals surface area contributed by atoms with E-state index in [1.165, 1.54) is 5.56 Å². The predicted octanol–water partition coefficient (Wildman–Crippen LogP) is 2.99. The number of amides is 1. The summed E-state index contributed by atoms with van der Waals surface area (Å²) in [5, 5.41) is 0. The van der Waals surface area contributed by atoms with Gasteiger partial charge < -0.3 is 15.4 Å². The van der Waals surface area contributed by atoms with Gasteiger partial charge in [-0.05, 0) is 23.6 Å². The SMILES string of the molecule is Cc1ccccc1[C@H]1CN(C(=O)C[C@H](N)c2ccccc2)CCO1. The average Bonchev–Trinajstić information content (AvgIpc) is 2.63. The van der Waals surface area contributed by atoms with E-state index in [0.29, 0.717) is 26.1 Å². The molecule has 2 atom stereocenters. The molecule has 0 aliphatic carbocycles. The van der Waals surface area contributed by atoms with E-state index in [1.807, 2.05) is 47.4 Å². The first-order valence-electron chi connectivity index (χ1n) is 8.40. The quantitative estimate of drug-likeness (QED) is 0.940. The number of nitrogens with two attached hydrogens (primary N) is 1. The Morgan fingerprint density at radius 1 is 1.21 bits per heavy atom. The molecule has 4 nitrogen and oxygen atoms in total. The number of hydrogen-bond donors (Lipinski definition) is 1. The van der Waals surface area contributed by atoms with Crippen molar-refractivity contribution in [2.45, 2.75) is 25.5 Å². The zero-order chi connectivity index (χ0) is 16.9. The number of rotatable bonds is 4. The van der Waals surface area contributed by atoms with Crippen LogP contribution < -0.4 is 5.73 Å². The Morgan fingerprint density at radius 3 is 2.67 bits per heavy atom. The van der Waals surface area contributed by atoms with Crippen LogP contribution in [0.25, 0.3) is 0 Å². The van der Waals surface area contributed by atoms with Gasteiger partial charge in [-0.2, -0.15) is 0 Å². The molecule has 24 heavy (non-hydrogen) atoms. The van der Waals surface area contributed by atoms with E-state index >= 15 is 0 Å². The van der Waals surface area contributed by atoms with E-state index in [2.05, 4.69) is 19.1 Å². The summed E-state index contributed by atoms with van der Waals surface area (Å²) in [5.74, 6) is 0.0910. The maximum atomic E-state index is 12.6. The summed E-state index contributed by atoms with van der Waals surface area (Å²) < 4.78 is 5.89. The largest absolute Gasteiger partial charge is 0.370 e. The molecule has 2 N–H and O–H groups in total. The van der Waals surface area contributed by atoms with Crippen molar-refractivity contribution >= 4 is 5.91 Å². The van der Waals surface area contributed by atoms with Gasteiger partial charge in [-0.3, -0.25) is 4.79 Å². The molecular weight excluding hydrogens is 300 g/mol. The van der Waals surface area contributed by atoms with E-state index in [0.717, 1.165) is 11.1 Å². The van der Waals surface area contributed by atoms with E-state index in [9.17, 15) is 4.79 Å². The van der Waals surface area contributed by atoms with Gasteiger partial charge in [0.1, 0.15) is 6.10 Å². The summed E-state index contributed by atoms with van der Waals surface area (Å²) >= 11 is 0. The third-order valence-corrected chi connectivity index (χ3v) is 4.58. The lowest BCUT2D eigenvalue weighted by Crippen LogP contribution is -2.43. The third kappa shape index (κ3) is 3.83.